The van der Waals surface area contributed by atoms with Crippen molar-refractivity contribution in [1.82, 2.24) is 5.32 Å². The molecule has 3 nitrogen and oxygen atoms in total. The SMILES string of the molecule is Cc1cc(C)c(C(C)NC(C)(CO)CO)cc1C. The minimum Gasteiger partial charge on any atom is -0.394 e. The van der Waals surface area contributed by atoms with Crippen molar-refractivity contribution in [1.29, 1.82) is 0 Å². The summed E-state index contributed by atoms with van der Waals surface area (Å²) in [4.78, 5) is 0. The fourth-order valence-corrected chi connectivity index (χ4v) is 2.19. The van der Waals surface area contributed by atoms with Gasteiger partial charge in [0.2, 0.25) is 0 Å². The number of aliphatic hydroxyl groups excluding tert-OH is 2. The van der Waals surface area contributed by atoms with Crippen molar-refractivity contribution in [3.8, 4) is 0 Å². The molecule has 0 aromatic heterocycles. The van der Waals surface area contributed by atoms with E-state index in [1.165, 1.54) is 22.3 Å². The molecule has 0 saturated heterocycles. The molecule has 0 spiro atoms. The van der Waals surface area contributed by atoms with Crippen molar-refractivity contribution >= 4 is 0 Å². The van der Waals surface area contributed by atoms with E-state index in [0.29, 0.717) is 0 Å². The second-order valence-electron chi connectivity index (χ2n) is 5.54. The first kappa shape index (κ1) is 15.2. The fraction of sp³-hybridized carbons (Fsp3) is 0.600. The molecule has 0 bridgehead atoms. The Morgan fingerprint density at radius 1 is 1.06 bits per heavy atom. The molecule has 0 heterocycles. The third kappa shape index (κ3) is 3.31. The van der Waals surface area contributed by atoms with Gasteiger partial charge in [-0.15, -0.1) is 0 Å². The van der Waals surface area contributed by atoms with E-state index in [0.717, 1.165) is 0 Å². The van der Waals surface area contributed by atoms with E-state index in [4.69, 9.17) is 0 Å². The van der Waals surface area contributed by atoms with Crippen LogP contribution in [-0.2, 0) is 0 Å². The van der Waals surface area contributed by atoms with E-state index in [9.17, 15) is 10.2 Å². The molecular weight excluding hydrogens is 226 g/mol. The van der Waals surface area contributed by atoms with E-state index in [-0.39, 0.29) is 19.3 Å². The van der Waals surface area contributed by atoms with Crippen LogP contribution < -0.4 is 5.32 Å². The quantitative estimate of drug-likeness (QED) is 0.750. The lowest BCUT2D eigenvalue weighted by molar-refractivity contribution is 0.0957. The molecule has 102 valence electrons. The maximum absolute atomic E-state index is 9.33. The van der Waals surface area contributed by atoms with Crippen LogP contribution in [0.25, 0.3) is 0 Å². The minimum absolute atomic E-state index is 0.0856. The molecule has 18 heavy (non-hydrogen) atoms. The summed E-state index contributed by atoms with van der Waals surface area (Å²) >= 11 is 0. The molecule has 0 amide bonds. The largest absolute Gasteiger partial charge is 0.394 e. The van der Waals surface area contributed by atoms with Crippen molar-refractivity contribution in [2.24, 2.45) is 0 Å². The topological polar surface area (TPSA) is 52.5 Å². The van der Waals surface area contributed by atoms with E-state index >= 15 is 0 Å². The van der Waals surface area contributed by atoms with Gasteiger partial charge in [0.25, 0.3) is 0 Å². The lowest BCUT2D eigenvalue weighted by Crippen LogP contribution is -2.50. The molecular formula is C15H25NO2. The highest BCUT2D eigenvalue weighted by atomic mass is 16.3. The summed E-state index contributed by atoms with van der Waals surface area (Å²) in [6.07, 6.45) is 0. The monoisotopic (exact) mass is 251 g/mol. The lowest BCUT2D eigenvalue weighted by Gasteiger charge is -2.31. The van der Waals surface area contributed by atoms with Crippen LogP contribution in [0.15, 0.2) is 12.1 Å². The van der Waals surface area contributed by atoms with Crippen LogP contribution in [0.1, 0.15) is 42.1 Å². The molecule has 0 aliphatic heterocycles. The van der Waals surface area contributed by atoms with Crippen molar-refractivity contribution in [2.75, 3.05) is 13.2 Å². The number of hydrogen-bond acceptors (Lipinski definition) is 3. The molecule has 3 heteroatoms. The third-order valence-corrected chi connectivity index (χ3v) is 3.61. The summed E-state index contributed by atoms with van der Waals surface area (Å²) in [5.41, 5.74) is 4.35. The Morgan fingerprint density at radius 3 is 2.06 bits per heavy atom. The van der Waals surface area contributed by atoms with Gasteiger partial charge in [-0.2, -0.15) is 0 Å². The van der Waals surface area contributed by atoms with E-state index in [2.05, 4.69) is 45.1 Å². The van der Waals surface area contributed by atoms with Crippen molar-refractivity contribution in [3.05, 3.63) is 34.4 Å². The zero-order valence-corrected chi connectivity index (χ0v) is 12.0. The lowest BCUT2D eigenvalue weighted by atomic mass is 9.94. The van der Waals surface area contributed by atoms with Gasteiger partial charge in [-0.3, -0.25) is 0 Å². The molecule has 0 aliphatic rings. The Bertz CT molecular complexity index is 411. The first-order valence-electron chi connectivity index (χ1n) is 6.40. The van der Waals surface area contributed by atoms with Crippen LogP contribution in [0.3, 0.4) is 0 Å². The van der Waals surface area contributed by atoms with Gasteiger partial charge < -0.3 is 15.5 Å². The number of rotatable bonds is 5. The molecule has 1 aromatic carbocycles. The van der Waals surface area contributed by atoms with Gasteiger partial charge in [0.15, 0.2) is 0 Å². The van der Waals surface area contributed by atoms with E-state index in [1.54, 1.807) is 0 Å². The van der Waals surface area contributed by atoms with Crippen LogP contribution in [0.4, 0.5) is 0 Å². The number of hydrogen-bond donors (Lipinski definition) is 3. The van der Waals surface area contributed by atoms with Crippen LogP contribution in [-0.4, -0.2) is 29.0 Å². The smallest absolute Gasteiger partial charge is 0.0633 e. The van der Waals surface area contributed by atoms with Crippen LogP contribution in [0, 0.1) is 20.8 Å². The van der Waals surface area contributed by atoms with Gasteiger partial charge >= 0.3 is 0 Å². The Labute approximate surface area is 110 Å². The van der Waals surface area contributed by atoms with Crippen molar-refractivity contribution < 1.29 is 10.2 Å². The molecule has 1 atom stereocenters. The van der Waals surface area contributed by atoms with E-state index < -0.39 is 5.54 Å². The minimum atomic E-state index is -0.648. The molecule has 0 saturated carbocycles. The predicted molar refractivity (Wildman–Crippen MR) is 74.8 cm³/mol. The highest BCUT2D eigenvalue weighted by Crippen LogP contribution is 2.23. The van der Waals surface area contributed by atoms with Crippen molar-refractivity contribution in [3.63, 3.8) is 0 Å². The van der Waals surface area contributed by atoms with Gasteiger partial charge in [-0.25, -0.2) is 0 Å². The zero-order valence-electron chi connectivity index (χ0n) is 12.0. The Morgan fingerprint density at radius 2 is 1.56 bits per heavy atom. The molecule has 3 N–H and O–H groups in total. The first-order valence-corrected chi connectivity index (χ1v) is 6.40. The van der Waals surface area contributed by atoms with Gasteiger partial charge in [0.05, 0.1) is 18.8 Å². The van der Waals surface area contributed by atoms with Crippen molar-refractivity contribution in [2.45, 2.75) is 46.2 Å². The predicted octanol–water partition coefficient (Wildman–Crippen LogP) is 2.01. The van der Waals surface area contributed by atoms with Gasteiger partial charge in [-0.1, -0.05) is 12.1 Å². The number of aliphatic hydroxyl groups is 2. The fourth-order valence-electron chi connectivity index (χ4n) is 2.19. The number of nitrogens with one attached hydrogen (secondary N) is 1. The average Bonchev–Trinajstić information content (AvgIpc) is 2.33. The molecule has 0 aliphatic carbocycles. The second kappa shape index (κ2) is 5.83. The molecule has 0 fully saturated rings. The van der Waals surface area contributed by atoms with Crippen LogP contribution in [0.5, 0.6) is 0 Å². The van der Waals surface area contributed by atoms with Gasteiger partial charge in [0, 0.05) is 6.04 Å². The van der Waals surface area contributed by atoms with Crippen LogP contribution >= 0.6 is 0 Å². The average molecular weight is 251 g/mol. The molecule has 0 radical (unpaired) electrons. The van der Waals surface area contributed by atoms with Gasteiger partial charge in [-0.05, 0) is 56.9 Å². The second-order valence-corrected chi connectivity index (χ2v) is 5.54. The highest BCUT2D eigenvalue weighted by molar-refractivity contribution is 5.38. The Kier molecular flexibility index (Phi) is 4.91. The number of benzene rings is 1. The zero-order chi connectivity index (χ0) is 13.9. The highest BCUT2D eigenvalue weighted by Gasteiger charge is 2.25. The normalized spacial score (nSPS) is 13.7. The molecule has 1 unspecified atom stereocenters. The molecule has 1 aromatic rings. The summed E-state index contributed by atoms with van der Waals surface area (Å²) in [5.74, 6) is 0. The Balaban J connectivity index is 2.97. The standard InChI is InChI=1S/C15H25NO2/c1-10-6-12(3)14(7-11(10)2)13(4)16-15(5,8-17)9-18/h6-7,13,16-18H,8-9H2,1-5H3. The summed E-state index contributed by atoms with van der Waals surface area (Å²) in [6.45, 7) is 10.0. The summed E-state index contributed by atoms with van der Waals surface area (Å²) in [7, 11) is 0. The molecule has 1 rings (SSSR count). The summed E-state index contributed by atoms with van der Waals surface area (Å²) in [6, 6.07) is 4.45. The Hall–Kier alpha value is -0.900. The first-order chi connectivity index (χ1) is 8.33. The van der Waals surface area contributed by atoms with E-state index in [1.807, 2.05) is 6.92 Å². The maximum Gasteiger partial charge on any atom is 0.0633 e. The number of aryl methyl sites for hydroxylation is 3. The summed E-state index contributed by atoms with van der Waals surface area (Å²) < 4.78 is 0. The third-order valence-electron chi connectivity index (χ3n) is 3.61. The summed E-state index contributed by atoms with van der Waals surface area (Å²) in [5, 5.41) is 21.9. The van der Waals surface area contributed by atoms with Gasteiger partial charge in [0.1, 0.15) is 0 Å². The maximum atomic E-state index is 9.33. The van der Waals surface area contributed by atoms with Crippen LogP contribution in [0.2, 0.25) is 0 Å².